The van der Waals surface area contributed by atoms with Crippen LogP contribution in [0.25, 0.3) is 0 Å². The number of hydrogen-bond donors (Lipinski definition) is 1. The highest BCUT2D eigenvalue weighted by molar-refractivity contribution is 5.93. The fourth-order valence-electron chi connectivity index (χ4n) is 1.75. The van der Waals surface area contributed by atoms with Crippen LogP contribution in [0.2, 0.25) is 0 Å². The number of benzene rings is 1. The summed E-state index contributed by atoms with van der Waals surface area (Å²) in [5.41, 5.74) is 0.171. The first kappa shape index (κ1) is 19.5. The summed E-state index contributed by atoms with van der Waals surface area (Å²) in [4.78, 5) is 36.7. The van der Waals surface area contributed by atoms with Crippen molar-refractivity contribution in [2.75, 3.05) is 19.4 Å². The minimum atomic E-state index is -0.868. The van der Waals surface area contributed by atoms with Gasteiger partial charge >= 0.3 is 12.1 Å². The lowest BCUT2D eigenvalue weighted by atomic mass is 10.2. The van der Waals surface area contributed by atoms with E-state index in [4.69, 9.17) is 9.47 Å². The van der Waals surface area contributed by atoms with E-state index in [1.54, 1.807) is 47.0 Å². The van der Waals surface area contributed by atoms with Gasteiger partial charge in [-0.1, -0.05) is 0 Å². The summed E-state index contributed by atoms with van der Waals surface area (Å²) in [6.07, 6.45) is -1.45. The molecule has 7 nitrogen and oxygen atoms in total. The number of hydrogen-bond acceptors (Lipinski definition) is 5. The fraction of sp³-hybridized carbons (Fsp3) is 0.471. The molecule has 2 amide bonds. The molecule has 0 bridgehead atoms. The Morgan fingerprint density at radius 3 is 2.08 bits per heavy atom. The largest absolute Gasteiger partial charge is 0.449 e. The van der Waals surface area contributed by atoms with E-state index < -0.39 is 23.8 Å². The van der Waals surface area contributed by atoms with Crippen LogP contribution >= 0.6 is 0 Å². The van der Waals surface area contributed by atoms with Crippen LogP contribution < -0.4 is 5.32 Å². The Kier molecular flexibility index (Phi) is 6.34. The van der Waals surface area contributed by atoms with Crippen LogP contribution in [0, 0.1) is 0 Å². The quantitative estimate of drug-likeness (QED) is 0.855. The minimum Gasteiger partial charge on any atom is -0.449 e. The Bertz CT molecular complexity index is 602. The molecule has 0 radical (unpaired) electrons. The van der Waals surface area contributed by atoms with Gasteiger partial charge in [-0.25, -0.2) is 9.59 Å². The highest BCUT2D eigenvalue weighted by Gasteiger charge is 2.20. The Morgan fingerprint density at radius 1 is 1.08 bits per heavy atom. The average molecular weight is 336 g/mol. The predicted molar refractivity (Wildman–Crippen MR) is 89.9 cm³/mol. The van der Waals surface area contributed by atoms with Crippen molar-refractivity contribution in [2.45, 2.75) is 39.4 Å². The molecule has 132 valence electrons. The van der Waals surface area contributed by atoms with E-state index in [-0.39, 0.29) is 11.5 Å². The van der Waals surface area contributed by atoms with Crippen LogP contribution in [0.5, 0.6) is 0 Å². The second-order valence-electron chi connectivity index (χ2n) is 6.48. The summed E-state index contributed by atoms with van der Waals surface area (Å²) in [7, 11) is 3.17. The monoisotopic (exact) mass is 336 g/mol. The number of carbonyl (C=O) groups is 3. The van der Waals surface area contributed by atoms with Crippen LogP contribution in [-0.2, 0) is 14.3 Å². The summed E-state index contributed by atoms with van der Waals surface area (Å²) in [5.74, 6) is -0.909. The molecule has 1 rings (SSSR count). The zero-order chi connectivity index (χ0) is 18.5. The summed E-state index contributed by atoms with van der Waals surface area (Å²) < 4.78 is 10.2. The normalized spacial score (nSPS) is 12.1. The second kappa shape index (κ2) is 7.81. The van der Waals surface area contributed by atoms with Crippen molar-refractivity contribution in [1.29, 1.82) is 0 Å². The molecule has 1 atom stereocenters. The molecule has 0 fully saturated rings. The highest BCUT2D eigenvalue weighted by atomic mass is 16.6. The van der Waals surface area contributed by atoms with Crippen LogP contribution in [0.4, 0.5) is 10.5 Å². The number of amides is 2. The van der Waals surface area contributed by atoms with Crippen LogP contribution in [0.15, 0.2) is 24.3 Å². The summed E-state index contributed by atoms with van der Waals surface area (Å²) in [6.45, 7) is 6.81. The van der Waals surface area contributed by atoms with Gasteiger partial charge in [-0.2, -0.15) is 0 Å². The number of esters is 1. The molecule has 0 aliphatic rings. The van der Waals surface area contributed by atoms with Gasteiger partial charge in [0.2, 0.25) is 0 Å². The van der Waals surface area contributed by atoms with Gasteiger partial charge in [-0.3, -0.25) is 10.1 Å². The Labute approximate surface area is 141 Å². The molecule has 0 aliphatic carbocycles. The number of nitrogens with zero attached hydrogens (tertiary/aromatic N) is 1. The molecule has 0 saturated carbocycles. The molecule has 1 aromatic rings. The molecule has 0 saturated heterocycles. The van der Waals surface area contributed by atoms with Gasteiger partial charge in [0.1, 0.15) is 5.60 Å². The van der Waals surface area contributed by atoms with Gasteiger partial charge in [-0.05, 0) is 52.0 Å². The zero-order valence-electron chi connectivity index (χ0n) is 14.9. The van der Waals surface area contributed by atoms with E-state index in [2.05, 4.69) is 5.32 Å². The number of carbonyl (C=O) groups excluding carboxylic acids is 3. The van der Waals surface area contributed by atoms with Gasteiger partial charge in [0, 0.05) is 19.8 Å². The van der Waals surface area contributed by atoms with Crippen molar-refractivity contribution in [3.05, 3.63) is 29.8 Å². The molecule has 0 spiro atoms. The van der Waals surface area contributed by atoms with E-state index in [0.29, 0.717) is 5.69 Å². The van der Waals surface area contributed by atoms with Crippen LogP contribution in [0.1, 0.15) is 38.1 Å². The number of anilines is 1. The summed E-state index contributed by atoms with van der Waals surface area (Å²) in [5, 5.41) is 2.56. The van der Waals surface area contributed by atoms with Crippen LogP contribution in [0.3, 0.4) is 0 Å². The first-order chi connectivity index (χ1) is 11.0. The first-order valence-electron chi connectivity index (χ1n) is 7.52. The summed E-state index contributed by atoms with van der Waals surface area (Å²) in [6, 6.07) is 6.11. The third-order valence-corrected chi connectivity index (χ3v) is 2.84. The molecule has 0 heterocycles. The smallest absolute Gasteiger partial charge is 0.412 e. The molecule has 24 heavy (non-hydrogen) atoms. The molecule has 1 N–H and O–H groups in total. The fourth-order valence-corrected chi connectivity index (χ4v) is 1.75. The van der Waals surface area contributed by atoms with Gasteiger partial charge in [-0.15, -0.1) is 0 Å². The number of likely N-dealkylation sites (N-methyl/N-ethyl adjacent to an activating group) is 1. The van der Waals surface area contributed by atoms with Gasteiger partial charge in [0.05, 0.1) is 5.56 Å². The maximum absolute atomic E-state index is 12.0. The molecule has 1 aromatic carbocycles. The van der Waals surface area contributed by atoms with Gasteiger partial charge in [0.25, 0.3) is 5.91 Å². The Balaban J connectivity index is 2.65. The number of nitrogens with one attached hydrogen (secondary N) is 1. The van der Waals surface area contributed by atoms with E-state index in [9.17, 15) is 14.4 Å². The van der Waals surface area contributed by atoms with Crippen molar-refractivity contribution < 1.29 is 23.9 Å². The third-order valence-electron chi connectivity index (χ3n) is 2.84. The lowest BCUT2D eigenvalue weighted by Crippen LogP contribution is -2.34. The van der Waals surface area contributed by atoms with Gasteiger partial charge < -0.3 is 14.4 Å². The molecule has 0 aromatic heterocycles. The molecule has 0 aliphatic heterocycles. The van der Waals surface area contributed by atoms with E-state index >= 15 is 0 Å². The summed E-state index contributed by atoms with van der Waals surface area (Å²) >= 11 is 0. The molecule has 0 unspecified atom stereocenters. The lowest BCUT2D eigenvalue weighted by molar-refractivity contribution is -0.137. The first-order valence-corrected chi connectivity index (χ1v) is 7.52. The van der Waals surface area contributed by atoms with Crippen molar-refractivity contribution in [3.8, 4) is 0 Å². The van der Waals surface area contributed by atoms with Crippen molar-refractivity contribution in [2.24, 2.45) is 0 Å². The van der Waals surface area contributed by atoms with Crippen LogP contribution in [-0.4, -0.2) is 48.7 Å². The third kappa shape index (κ3) is 6.28. The second-order valence-corrected chi connectivity index (χ2v) is 6.48. The molecular weight excluding hydrogens is 312 g/mol. The maximum atomic E-state index is 12.0. The van der Waals surface area contributed by atoms with E-state index in [0.717, 1.165) is 0 Å². The average Bonchev–Trinajstić information content (AvgIpc) is 2.44. The predicted octanol–water partition coefficient (Wildman–Crippen LogP) is 2.67. The standard InChI is InChI=1S/C17H24N2O5/c1-11(14(20)19(5)6)23-15(21)12-7-9-13(10-8-12)18-16(22)24-17(2,3)4/h7-11H,1-6H3,(H,18,22)/t11-/m0/s1. The van der Waals surface area contributed by atoms with Crippen molar-refractivity contribution in [1.82, 2.24) is 4.90 Å². The molecular formula is C17H24N2O5. The Morgan fingerprint density at radius 2 is 1.62 bits per heavy atom. The topological polar surface area (TPSA) is 84.9 Å². The Hall–Kier alpha value is -2.57. The lowest BCUT2D eigenvalue weighted by Gasteiger charge is -2.19. The highest BCUT2D eigenvalue weighted by Crippen LogP contribution is 2.14. The number of rotatable bonds is 4. The molecule has 7 heteroatoms. The maximum Gasteiger partial charge on any atom is 0.412 e. The van der Waals surface area contributed by atoms with Crippen molar-refractivity contribution in [3.63, 3.8) is 0 Å². The number of ether oxygens (including phenoxy) is 2. The van der Waals surface area contributed by atoms with E-state index in [1.165, 1.54) is 24.0 Å². The zero-order valence-corrected chi connectivity index (χ0v) is 14.9. The SMILES string of the molecule is C[C@H](OC(=O)c1ccc(NC(=O)OC(C)(C)C)cc1)C(=O)N(C)C. The van der Waals surface area contributed by atoms with Crippen molar-refractivity contribution >= 4 is 23.7 Å². The minimum absolute atomic E-state index is 0.281. The van der Waals surface area contributed by atoms with E-state index in [1.807, 2.05) is 0 Å². The van der Waals surface area contributed by atoms with Gasteiger partial charge in [0.15, 0.2) is 6.10 Å².